The van der Waals surface area contributed by atoms with Crippen LogP contribution in [-0.4, -0.2) is 38.6 Å². The van der Waals surface area contributed by atoms with E-state index >= 15 is 0 Å². The lowest BCUT2D eigenvalue weighted by atomic mass is 10.3. The van der Waals surface area contributed by atoms with E-state index in [0.29, 0.717) is 5.82 Å². The summed E-state index contributed by atoms with van der Waals surface area (Å²) in [6.45, 7) is 4.65. The Balaban J connectivity index is 1.63. The van der Waals surface area contributed by atoms with Gasteiger partial charge in [-0.2, -0.15) is 10.2 Å². The second-order valence-electron chi connectivity index (χ2n) is 6.25. The van der Waals surface area contributed by atoms with Gasteiger partial charge in [0.2, 0.25) is 5.91 Å². The average molecular weight is 344 g/mol. The number of carbonyl (C=O) groups is 1. The van der Waals surface area contributed by atoms with Crippen LogP contribution in [-0.2, 0) is 17.9 Å². The van der Waals surface area contributed by atoms with E-state index in [2.05, 4.69) is 27.3 Å². The largest absolute Gasteiger partial charge is 0.370 e. The molecule has 0 spiro atoms. The number of anilines is 2. The molecule has 1 fully saturated rings. The molecule has 0 atom stereocenters. The lowest BCUT2D eigenvalue weighted by Crippen LogP contribution is -2.31. The van der Waals surface area contributed by atoms with Gasteiger partial charge in [-0.1, -0.05) is 13.3 Å². The summed E-state index contributed by atoms with van der Waals surface area (Å²) < 4.78 is 2.94. The molecule has 0 unspecified atom stereocenters. The van der Waals surface area contributed by atoms with Crippen LogP contribution >= 0.6 is 0 Å². The van der Waals surface area contributed by atoms with Crippen LogP contribution < -0.4 is 15.8 Å². The molecule has 25 heavy (non-hydrogen) atoms. The maximum Gasteiger partial charge on any atom is 0.269 e. The predicted octanol–water partition coefficient (Wildman–Crippen LogP) is 1.48. The molecule has 3 rings (SSSR count). The third kappa shape index (κ3) is 4.26. The van der Waals surface area contributed by atoms with Gasteiger partial charge in [0.25, 0.3) is 5.56 Å². The number of aromatic nitrogens is 4. The molecule has 0 aromatic carbocycles. The minimum atomic E-state index is -0.290. The summed E-state index contributed by atoms with van der Waals surface area (Å²) in [5, 5.41) is 11.1. The molecule has 0 radical (unpaired) electrons. The highest BCUT2D eigenvalue weighted by Gasteiger charge is 2.15. The quantitative estimate of drug-likeness (QED) is 0.822. The van der Waals surface area contributed by atoms with E-state index in [1.807, 2.05) is 0 Å². The molecule has 1 N–H and O–H groups in total. The van der Waals surface area contributed by atoms with Gasteiger partial charge in [0, 0.05) is 31.8 Å². The number of hydrogen-bond donors (Lipinski definition) is 1. The lowest BCUT2D eigenvalue weighted by Gasteiger charge is -2.17. The van der Waals surface area contributed by atoms with Crippen LogP contribution in [0, 0.1) is 0 Å². The molecule has 3 heterocycles. The molecular weight excluding hydrogens is 320 g/mol. The Labute approximate surface area is 146 Å². The Morgan fingerprint density at radius 1 is 1.24 bits per heavy atom. The number of hydrogen-bond acceptors (Lipinski definition) is 5. The van der Waals surface area contributed by atoms with Crippen molar-refractivity contribution in [3.8, 4) is 0 Å². The Morgan fingerprint density at radius 3 is 2.76 bits per heavy atom. The Kier molecular flexibility index (Phi) is 5.47. The lowest BCUT2D eigenvalue weighted by molar-refractivity contribution is -0.117. The zero-order chi connectivity index (χ0) is 17.6. The highest BCUT2D eigenvalue weighted by atomic mass is 16.2. The highest BCUT2D eigenvalue weighted by Crippen LogP contribution is 2.16. The van der Waals surface area contributed by atoms with E-state index < -0.39 is 0 Å². The van der Waals surface area contributed by atoms with Crippen molar-refractivity contribution < 1.29 is 4.79 Å². The van der Waals surface area contributed by atoms with E-state index in [4.69, 9.17) is 0 Å². The standard InChI is InChI=1S/C17H24N6O2/c1-2-3-10-22-15(6-7-18-22)20-16(24)13-23-17(25)11-14(12-19-23)21-8-4-5-9-21/h6-7,11-12H,2-5,8-10,13H2,1H3,(H,20,24). The van der Waals surface area contributed by atoms with Crippen molar-refractivity contribution in [2.24, 2.45) is 0 Å². The topological polar surface area (TPSA) is 85.1 Å². The summed E-state index contributed by atoms with van der Waals surface area (Å²) in [4.78, 5) is 26.6. The van der Waals surface area contributed by atoms with Crippen molar-refractivity contribution >= 4 is 17.4 Å². The molecule has 2 aromatic heterocycles. The minimum absolute atomic E-state index is 0.113. The highest BCUT2D eigenvalue weighted by molar-refractivity contribution is 5.89. The van der Waals surface area contributed by atoms with E-state index in [9.17, 15) is 9.59 Å². The molecule has 8 nitrogen and oxygen atoms in total. The normalized spacial score (nSPS) is 14.0. The van der Waals surface area contributed by atoms with Gasteiger partial charge < -0.3 is 10.2 Å². The first kappa shape index (κ1) is 17.2. The smallest absolute Gasteiger partial charge is 0.269 e. The van der Waals surface area contributed by atoms with Crippen LogP contribution in [0.3, 0.4) is 0 Å². The second kappa shape index (κ2) is 7.96. The van der Waals surface area contributed by atoms with Crippen LogP contribution in [0.1, 0.15) is 32.6 Å². The molecule has 0 bridgehead atoms. The van der Waals surface area contributed by atoms with Gasteiger partial charge >= 0.3 is 0 Å². The third-order valence-electron chi connectivity index (χ3n) is 4.33. The summed E-state index contributed by atoms with van der Waals surface area (Å²) >= 11 is 0. The second-order valence-corrected chi connectivity index (χ2v) is 6.25. The van der Waals surface area contributed by atoms with Crippen LogP contribution in [0.5, 0.6) is 0 Å². The molecule has 2 aromatic rings. The minimum Gasteiger partial charge on any atom is -0.370 e. The fraction of sp³-hybridized carbons (Fsp3) is 0.529. The van der Waals surface area contributed by atoms with Gasteiger partial charge in [0.05, 0.1) is 18.1 Å². The molecule has 8 heteroatoms. The Bertz CT molecular complexity index is 775. The van der Waals surface area contributed by atoms with E-state index in [0.717, 1.165) is 51.0 Å². The Hall–Kier alpha value is -2.64. The van der Waals surface area contributed by atoms with Gasteiger partial charge in [0.15, 0.2) is 0 Å². The maximum atomic E-state index is 12.2. The first-order valence-corrected chi connectivity index (χ1v) is 8.81. The summed E-state index contributed by atoms with van der Waals surface area (Å²) in [6.07, 6.45) is 7.62. The maximum absolute atomic E-state index is 12.2. The number of rotatable bonds is 7. The van der Waals surface area contributed by atoms with Gasteiger partial charge in [-0.05, 0) is 19.3 Å². The van der Waals surface area contributed by atoms with Gasteiger partial charge in [0.1, 0.15) is 12.4 Å². The number of carbonyl (C=O) groups excluding carboxylic acids is 1. The first-order valence-electron chi connectivity index (χ1n) is 8.81. The van der Waals surface area contributed by atoms with E-state index in [1.54, 1.807) is 29.2 Å². The average Bonchev–Trinajstić information content (AvgIpc) is 3.27. The molecule has 134 valence electrons. The first-order chi connectivity index (χ1) is 12.2. The fourth-order valence-electron chi connectivity index (χ4n) is 2.93. The molecule has 0 saturated carbocycles. The number of nitrogens with one attached hydrogen (secondary N) is 1. The van der Waals surface area contributed by atoms with Crippen molar-refractivity contribution in [2.45, 2.75) is 45.7 Å². The van der Waals surface area contributed by atoms with Crippen molar-refractivity contribution in [1.82, 2.24) is 19.6 Å². The molecule has 1 aliphatic rings. The third-order valence-corrected chi connectivity index (χ3v) is 4.33. The number of unbranched alkanes of at least 4 members (excludes halogenated alkanes) is 1. The van der Waals surface area contributed by atoms with Crippen molar-refractivity contribution in [3.05, 3.63) is 34.9 Å². The van der Waals surface area contributed by atoms with Crippen molar-refractivity contribution in [1.29, 1.82) is 0 Å². The van der Waals surface area contributed by atoms with Crippen LogP contribution in [0.25, 0.3) is 0 Å². The molecule has 1 aliphatic heterocycles. The number of amides is 1. The summed E-state index contributed by atoms with van der Waals surface area (Å²) in [5.41, 5.74) is 0.566. The van der Waals surface area contributed by atoms with Gasteiger partial charge in [-0.25, -0.2) is 9.36 Å². The van der Waals surface area contributed by atoms with Crippen molar-refractivity contribution in [3.63, 3.8) is 0 Å². The number of aryl methyl sites for hydroxylation is 1. The van der Waals surface area contributed by atoms with Gasteiger partial charge in [-0.15, -0.1) is 0 Å². The molecule has 1 amide bonds. The molecule has 1 saturated heterocycles. The predicted molar refractivity (Wildman–Crippen MR) is 95.7 cm³/mol. The Morgan fingerprint density at radius 2 is 2.04 bits per heavy atom. The zero-order valence-electron chi connectivity index (χ0n) is 14.5. The summed E-state index contributed by atoms with van der Waals surface area (Å²) in [6, 6.07) is 3.30. The van der Waals surface area contributed by atoms with Crippen molar-refractivity contribution in [2.75, 3.05) is 23.3 Å². The van der Waals surface area contributed by atoms with Crippen LogP contribution in [0.2, 0.25) is 0 Å². The number of nitrogens with zero attached hydrogens (tertiary/aromatic N) is 5. The summed E-state index contributed by atoms with van der Waals surface area (Å²) in [5.74, 6) is 0.349. The molecule has 0 aliphatic carbocycles. The SMILES string of the molecule is CCCCn1nccc1NC(=O)Cn1ncc(N2CCCC2)cc1=O. The van der Waals surface area contributed by atoms with E-state index in [-0.39, 0.29) is 18.0 Å². The monoisotopic (exact) mass is 344 g/mol. The zero-order valence-corrected chi connectivity index (χ0v) is 14.5. The van der Waals surface area contributed by atoms with Crippen LogP contribution in [0.4, 0.5) is 11.5 Å². The molecular formula is C17H24N6O2. The van der Waals surface area contributed by atoms with Gasteiger partial charge in [-0.3, -0.25) is 9.59 Å². The van der Waals surface area contributed by atoms with E-state index in [1.165, 1.54) is 4.68 Å². The fourth-order valence-corrected chi connectivity index (χ4v) is 2.93. The van der Waals surface area contributed by atoms with Crippen LogP contribution in [0.15, 0.2) is 29.3 Å². The summed E-state index contributed by atoms with van der Waals surface area (Å²) in [7, 11) is 0.